The first-order valence-corrected chi connectivity index (χ1v) is 6.60. The maximum absolute atomic E-state index is 11.9. The molecule has 92 valence electrons. The molecule has 4 heteroatoms. The second kappa shape index (κ2) is 4.78. The Morgan fingerprint density at radius 1 is 1.47 bits per heavy atom. The molecule has 1 aliphatic rings. The molecule has 1 aliphatic carbocycles. The number of halogens is 1. The predicted octanol–water partition coefficient (Wildman–Crippen LogP) is 1.94. The van der Waals surface area contributed by atoms with Crippen molar-refractivity contribution in [2.75, 3.05) is 13.6 Å². The van der Waals surface area contributed by atoms with Crippen LogP contribution in [0.3, 0.4) is 0 Å². The third kappa shape index (κ3) is 2.87. The molecule has 0 saturated heterocycles. The zero-order valence-corrected chi connectivity index (χ0v) is 11.5. The molecule has 0 spiro atoms. The van der Waals surface area contributed by atoms with E-state index in [0.29, 0.717) is 6.54 Å². The Hall–Kier alpha value is -0.870. The molecule has 1 saturated carbocycles. The normalized spacial score (nSPS) is 16.6. The first-order valence-electron chi connectivity index (χ1n) is 5.81. The van der Waals surface area contributed by atoms with Gasteiger partial charge < -0.3 is 10.6 Å². The second-order valence-electron chi connectivity index (χ2n) is 4.72. The van der Waals surface area contributed by atoms with Gasteiger partial charge in [0.2, 0.25) is 5.91 Å². The largest absolute Gasteiger partial charge is 0.344 e. The van der Waals surface area contributed by atoms with Crippen LogP contribution in [-0.2, 0) is 11.2 Å². The van der Waals surface area contributed by atoms with Gasteiger partial charge >= 0.3 is 0 Å². The lowest BCUT2D eigenvalue weighted by atomic mass is 10.1. The fourth-order valence-corrected chi connectivity index (χ4v) is 2.30. The van der Waals surface area contributed by atoms with E-state index < -0.39 is 5.54 Å². The number of benzene rings is 1. The zero-order chi connectivity index (χ0) is 12.5. The first-order chi connectivity index (χ1) is 8.03. The first kappa shape index (κ1) is 12.6. The maximum Gasteiger partial charge on any atom is 0.242 e. The van der Waals surface area contributed by atoms with Crippen molar-refractivity contribution >= 4 is 21.8 Å². The van der Waals surface area contributed by atoms with E-state index in [0.717, 1.165) is 23.7 Å². The third-order valence-corrected chi connectivity index (χ3v) is 4.01. The maximum atomic E-state index is 11.9. The molecule has 0 aliphatic heterocycles. The van der Waals surface area contributed by atoms with Crippen LogP contribution in [0.2, 0.25) is 0 Å². The highest BCUT2D eigenvalue weighted by atomic mass is 79.9. The third-order valence-electron chi connectivity index (χ3n) is 3.24. The number of nitrogens with two attached hydrogens (primary N) is 1. The number of hydrogen-bond acceptors (Lipinski definition) is 2. The average molecular weight is 297 g/mol. The van der Waals surface area contributed by atoms with Crippen molar-refractivity contribution in [3.8, 4) is 0 Å². The summed E-state index contributed by atoms with van der Waals surface area (Å²) in [6.07, 6.45) is 2.50. The topological polar surface area (TPSA) is 46.3 Å². The molecule has 1 aromatic rings. The summed E-state index contributed by atoms with van der Waals surface area (Å²) in [5.74, 6) is 0.0737. The molecule has 17 heavy (non-hydrogen) atoms. The predicted molar refractivity (Wildman–Crippen MR) is 71.6 cm³/mol. The highest BCUT2D eigenvalue weighted by Crippen LogP contribution is 2.33. The van der Waals surface area contributed by atoms with Crippen LogP contribution < -0.4 is 5.73 Å². The molecule has 0 heterocycles. The fourth-order valence-electron chi connectivity index (χ4n) is 1.82. The van der Waals surface area contributed by atoms with Gasteiger partial charge in [0.05, 0.1) is 5.54 Å². The van der Waals surface area contributed by atoms with Crippen molar-refractivity contribution in [3.63, 3.8) is 0 Å². The monoisotopic (exact) mass is 296 g/mol. The molecule has 3 nitrogen and oxygen atoms in total. The molecule has 1 amide bonds. The summed E-state index contributed by atoms with van der Waals surface area (Å²) in [5, 5.41) is 0. The van der Waals surface area contributed by atoms with Gasteiger partial charge in [-0.3, -0.25) is 4.79 Å². The van der Waals surface area contributed by atoms with Crippen molar-refractivity contribution < 1.29 is 4.79 Å². The summed E-state index contributed by atoms with van der Waals surface area (Å²) >= 11 is 3.51. The van der Waals surface area contributed by atoms with Gasteiger partial charge in [-0.2, -0.15) is 0 Å². The van der Waals surface area contributed by atoms with Crippen molar-refractivity contribution in [3.05, 3.63) is 34.3 Å². The molecule has 2 N–H and O–H groups in total. The molecule has 0 bridgehead atoms. The van der Waals surface area contributed by atoms with E-state index in [-0.39, 0.29) is 5.91 Å². The SMILES string of the molecule is CN(CCc1ccccc1Br)C(=O)C1(N)CC1. The minimum atomic E-state index is -0.553. The summed E-state index contributed by atoms with van der Waals surface area (Å²) in [5.41, 5.74) is 6.55. The van der Waals surface area contributed by atoms with E-state index in [9.17, 15) is 4.79 Å². The van der Waals surface area contributed by atoms with Crippen LogP contribution in [0, 0.1) is 0 Å². The van der Waals surface area contributed by atoms with E-state index >= 15 is 0 Å². The van der Waals surface area contributed by atoms with E-state index in [2.05, 4.69) is 22.0 Å². The quantitative estimate of drug-likeness (QED) is 0.923. The van der Waals surface area contributed by atoms with Gasteiger partial charge in [0, 0.05) is 18.1 Å². The molecule has 0 atom stereocenters. The van der Waals surface area contributed by atoms with Gasteiger partial charge in [0.25, 0.3) is 0 Å². The summed E-state index contributed by atoms with van der Waals surface area (Å²) in [4.78, 5) is 13.7. The Balaban J connectivity index is 1.90. The fraction of sp³-hybridized carbons (Fsp3) is 0.462. The van der Waals surface area contributed by atoms with Crippen molar-refractivity contribution in [1.82, 2.24) is 4.90 Å². The Kier molecular flexibility index (Phi) is 3.54. The van der Waals surface area contributed by atoms with Crippen molar-refractivity contribution in [2.24, 2.45) is 5.73 Å². The van der Waals surface area contributed by atoms with Crippen LogP contribution in [-0.4, -0.2) is 29.9 Å². The van der Waals surface area contributed by atoms with Crippen LogP contribution in [0.25, 0.3) is 0 Å². The Labute approximate surface area is 110 Å². The molecular formula is C13H17BrN2O. The standard InChI is InChI=1S/C13H17BrN2O/c1-16(12(17)13(15)7-8-13)9-6-10-4-2-3-5-11(10)14/h2-5H,6-9,15H2,1H3. The molecule has 0 radical (unpaired) electrons. The second-order valence-corrected chi connectivity index (χ2v) is 5.58. The molecule has 2 rings (SSSR count). The van der Waals surface area contributed by atoms with Gasteiger partial charge in [-0.15, -0.1) is 0 Å². The van der Waals surface area contributed by atoms with E-state index in [1.54, 1.807) is 4.90 Å². The number of likely N-dealkylation sites (N-methyl/N-ethyl adjacent to an activating group) is 1. The smallest absolute Gasteiger partial charge is 0.242 e. The van der Waals surface area contributed by atoms with Crippen LogP contribution in [0.4, 0.5) is 0 Å². The van der Waals surface area contributed by atoms with Crippen molar-refractivity contribution in [1.29, 1.82) is 0 Å². The lowest BCUT2D eigenvalue weighted by Crippen LogP contribution is -2.44. The van der Waals surface area contributed by atoms with Crippen LogP contribution in [0.15, 0.2) is 28.7 Å². The van der Waals surface area contributed by atoms with Gasteiger partial charge in [-0.05, 0) is 30.9 Å². The summed E-state index contributed by atoms with van der Waals surface area (Å²) < 4.78 is 1.09. The number of rotatable bonds is 4. The Bertz CT molecular complexity index is 429. The van der Waals surface area contributed by atoms with Gasteiger partial charge in [0.15, 0.2) is 0 Å². The average Bonchev–Trinajstić information content (AvgIpc) is 3.06. The van der Waals surface area contributed by atoms with E-state index in [4.69, 9.17) is 5.73 Å². The van der Waals surface area contributed by atoms with Crippen LogP contribution >= 0.6 is 15.9 Å². The Morgan fingerprint density at radius 3 is 2.71 bits per heavy atom. The molecule has 0 unspecified atom stereocenters. The number of hydrogen-bond donors (Lipinski definition) is 1. The minimum absolute atomic E-state index is 0.0737. The molecular weight excluding hydrogens is 280 g/mol. The Morgan fingerprint density at radius 2 is 2.12 bits per heavy atom. The van der Waals surface area contributed by atoms with Crippen LogP contribution in [0.5, 0.6) is 0 Å². The molecule has 1 aromatic carbocycles. The van der Waals surface area contributed by atoms with Gasteiger partial charge in [-0.25, -0.2) is 0 Å². The van der Waals surface area contributed by atoms with Crippen molar-refractivity contribution in [2.45, 2.75) is 24.8 Å². The van der Waals surface area contributed by atoms with E-state index in [1.807, 2.05) is 25.2 Å². The molecule has 0 aromatic heterocycles. The summed E-state index contributed by atoms with van der Waals surface area (Å²) in [6, 6.07) is 8.08. The van der Waals surface area contributed by atoms with Crippen LogP contribution in [0.1, 0.15) is 18.4 Å². The number of carbonyl (C=O) groups is 1. The zero-order valence-electron chi connectivity index (χ0n) is 9.95. The lowest BCUT2D eigenvalue weighted by Gasteiger charge is -2.21. The minimum Gasteiger partial charge on any atom is -0.344 e. The number of amides is 1. The van der Waals surface area contributed by atoms with E-state index in [1.165, 1.54) is 5.56 Å². The number of carbonyl (C=O) groups excluding carboxylic acids is 1. The van der Waals surface area contributed by atoms with Gasteiger partial charge in [0.1, 0.15) is 0 Å². The lowest BCUT2D eigenvalue weighted by molar-refractivity contribution is -0.132. The summed E-state index contributed by atoms with van der Waals surface area (Å²) in [7, 11) is 1.83. The highest BCUT2D eigenvalue weighted by molar-refractivity contribution is 9.10. The summed E-state index contributed by atoms with van der Waals surface area (Å²) in [6.45, 7) is 0.709. The number of nitrogens with zero attached hydrogens (tertiary/aromatic N) is 1. The molecule has 1 fully saturated rings. The highest BCUT2D eigenvalue weighted by Gasteiger charge is 2.47. The van der Waals surface area contributed by atoms with Gasteiger partial charge in [-0.1, -0.05) is 34.1 Å².